The highest BCUT2D eigenvalue weighted by molar-refractivity contribution is 7.99. The molecule has 140 valence electrons. The van der Waals surface area contributed by atoms with Gasteiger partial charge in [0.25, 0.3) is 0 Å². The number of rotatable bonds is 4. The summed E-state index contributed by atoms with van der Waals surface area (Å²) in [6.45, 7) is 5.20. The van der Waals surface area contributed by atoms with E-state index in [2.05, 4.69) is 27.1 Å². The topological polar surface area (TPSA) is 69.7 Å². The van der Waals surface area contributed by atoms with Crippen molar-refractivity contribution < 1.29 is 0 Å². The Morgan fingerprint density at radius 1 is 1.33 bits per heavy atom. The second kappa shape index (κ2) is 6.96. The lowest BCUT2D eigenvalue weighted by Gasteiger charge is -2.20. The van der Waals surface area contributed by atoms with Crippen molar-refractivity contribution in [1.82, 2.24) is 25.3 Å². The van der Waals surface area contributed by atoms with Crippen LogP contribution in [-0.4, -0.2) is 45.6 Å². The number of anilines is 1. The van der Waals surface area contributed by atoms with Crippen molar-refractivity contribution in [3.8, 4) is 0 Å². The largest absolute Gasteiger partial charge is 0.354 e. The molecule has 0 spiro atoms. The Balaban J connectivity index is 1.59. The molecule has 0 radical (unpaired) electrons. The van der Waals surface area contributed by atoms with Gasteiger partial charge in [-0.15, -0.1) is 0 Å². The molecule has 2 unspecified atom stereocenters. The summed E-state index contributed by atoms with van der Waals surface area (Å²) in [6.07, 6.45) is 5.68. The minimum atomic E-state index is 0.549. The normalized spacial score (nSPS) is 21.9. The van der Waals surface area contributed by atoms with Gasteiger partial charge in [-0.3, -0.25) is 4.98 Å². The van der Waals surface area contributed by atoms with E-state index in [0.717, 1.165) is 63.7 Å². The van der Waals surface area contributed by atoms with E-state index in [1.54, 1.807) is 6.20 Å². The number of hydrogen-bond acceptors (Lipinski definition) is 6. The third kappa shape index (κ3) is 3.07. The van der Waals surface area contributed by atoms with Gasteiger partial charge < -0.3 is 15.2 Å². The minimum absolute atomic E-state index is 0.549. The molecule has 0 amide bonds. The Kier molecular flexibility index (Phi) is 4.46. The molecule has 2 saturated heterocycles. The molecule has 2 fully saturated rings. The predicted octanol–water partition coefficient (Wildman–Crippen LogP) is 3.52. The lowest BCUT2D eigenvalue weighted by Crippen LogP contribution is -2.30. The van der Waals surface area contributed by atoms with Crippen LogP contribution in [0.4, 0.5) is 5.82 Å². The summed E-state index contributed by atoms with van der Waals surface area (Å²) in [5, 5.41) is 6.03. The van der Waals surface area contributed by atoms with Crippen LogP contribution in [0.15, 0.2) is 34.6 Å². The summed E-state index contributed by atoms with van der Waals surface area (Å²) in [6, 6.07) is 4.50. The van der Waals surface area contributed by atoms with E-state index >= 15 is 0 Å². The second-order valence-electron chi connectivity index (χ2n) is 7.13. The van der Waals surface area contributed by atoms with Gasteiger partial charge in [0.2, 0.25) is 0 Å². The molecule has 2 N–H and O–H groups in total. The average Bonchev–Trinajstić information content (AvgIpc) is 3.35. The highest BCUT2D eigenvalue weighted by Gasteiger charge is 2.37. The molecule has 5 heterocycles. The van der Waals surface area contributed by atoms with Gasteiger partial charge in [-0.25, -0.2) is 9.97 Å². The number of nitrogens with zero attached hydrogens (tertiary/aromatic N) is 4. The number of nitrogens with one attached hydrogen (secondary N) is 2. The second-order valence-corrected chi connectivity index (χ2v) is 8.55. The number of hydrogen-bond donors (Lipinski definition) is 2. The average molecular weight is 401 g/mol. The summed E-state index contributed by atoms with van der Waals surface area (Å²) in [5.74, 6) is 1.64. The molecule has 0 bridgehead atoms. The van der Waals surface area contributed by atoms with Crippen LogP contribution in [0.3, 0.4) is 0 Å². The number of aryl methyl sites for hydroxylation is 1. The monoisotopic (exact) mass is 400 g/mol. The maximum absolute atomic E-state index is 6.70. The third-order valence-corrected chi connectivity index (χ3v) is 6.74. The molecule has 0 aliphatic carbocycles. The van der Waals surface area contributed by atoms with Crippen LogP contribution in [0.1, 0.15) is 19.0 Å². The molecule has 3 aromatic rings. The summed E-state index contributed by atoms with van der Waals surface area (Å²) in [5.41, 5.74) is 1.83. The van der Waals surface area contributed by atoms with E-state index in [9.17, 15) is 0 Å². The predicted molar refractivity (Wildman–Crippen MR) is 109 cm³/mol. The van der Waals surface area contributed by atoms with Crippen molar-refractivity contribution >= 4 is 40.2 Å². The molecule has 0 aromatic carbocycles. The summed E-state index contributed by atoms with van der Waals surface area (Å²) >= 11 is 8.23. The molecular weight excluding hydrogens is 380 g/mol. The molecule has 8 heteroatoms. The maximum Gasteiger partial charge on any atom is 0.196 e. The van der Waals surface area contributed by atoms with Gasteiger partial charge in [0.15, 0.2) is 5.16 Å². The first-order valence-corrected chi connectivity index (χ1v) is 10.6. The SMILES string of the molecule is CCc1[nH]c2nc(Sc3cccnc3)nc(N3CC4CCNC4C3)c2c1Cl. The van der Waals surface area contributed by atoms with Crippen molar-refractivity contribution in [2.75, 3.05) is 24.5 Å². The first-order valence-electron chi connectivity index (χ1n) is 9.37. The summed E-state index contributed by atoms with van der Waals surface area (Å²) < 4.78 is 0. The van der Waals surface area contributed by atoms with Gasteiger partial charge in [-0.1, -0.05) is 18.5 Å². The summed E-state index contributed by atoms with van der Waals surface area (Å²) in [4.78, 5) is 20.7. The number of aromatic nitrogens is 4. The molecule has 3 aromatic heterocycles. The molecule has 0 saturated carbocycles. The fraction of sp³-hybridized carbons (Fsp3) is 0.421. The minimum Gasteiger partial charge on any atom is -0.354 e. The van der Waals surface area contributed by atoms with Crippen LogP contribution in [0.2, 0.25) is 5.02 Å². The zero-order chi connectivity index (χ0) is 18.4. The van der Waals surface area contributed by atoms with Gasteiger partial charge in [0.05, 0.1) is 10.4 Å². The highest BCUT2D eigenvalue weighted by Crippen LogP contribution is 2.39. The summed E-state index contributed by atoms with van der Waals surface area (Å²) in [7, 11) is 0. The van der Waals surface area contributed by atoms with Crippen molar-refractivity contribution in [2.45, 2.75) is 35.9 Å². The van der Waals surface area contributed by atoms with Gasteiger partial charge >= 0.3 is 0 Å². The van der Waals surface area contributed by atoms with Crippen LogP contribution in [0, 0.1) is 5.92 Å². The van der Waals surface area contributed by atoms with Gasteiger partial charge in [-0.2, -0.15) is 0 Å². The van der Waals surface area contributed by atoms with Gasteiger partial charge in [0.1, 0.15) is 11.5 Å². The molecule has 27 heavy (non-hydrogen) atoms. The van der Waals surface area contributed by atoms with Crippen molar-refractivity contribution in [1.29, 1.82) is 0 Å². The van der Waals surface area contributed by atoms with E-state index in [-0.39, 0.29) is 0 Å². The third-order valence-electron chi connectivity index (χ3n) is 5.48. The number of halogens is 1. The van der Waals surface area contributed by atoms with E-state index in [1.807, 2.05) is 18.3 Å². The van der Waals surface area contributed by atoms with Crippen LogP contribution in [0.25, 0.3) is 11.0 Å². The smallest absolute Gasteiger partial charge is 0.196 e. The van der Waals surface area contributed by atoms with Crippen LogP contribution < -0.4 is 10.2 Å². The molecule has 2 aliphatic rings. The lowest BCUT2D eigenvalue weighted by molar-refractivity contribution is 0.556. The van der Waals surface area contributed by atoms with Gasteiger partial charge in [-0.05, 0) is 49.2 Å². The van der Waals surface area contributed by atoms with Crippen LogP contribution in [-0.2, 0) is 6.42 Å². The zero-order valence-corrected chi connectivity index (χ0v) is 16.6. The van der Waals surface area contributed by atoms with E-state index in [1.165, 1.54) is 18.2 Å². The van der Waals surface area contributed by atoms with Crippen molar-refractivity contribution in [2.24, 2.45) is 5.92 Å². The standard InChI is InChI=1S/C19H21ClN6S/c1-2-13-16(20)15-17(23-13)24-19(27-12-4-3-6-21-8-12)25-18(15)26-9-11-5-7-22-14(11)10-26/h3-4,6,8,11,14,22H,2,5,7,9-10H2,1H3,(H,23,24,25). The molecule has 5 rings (SSSR count). The number of fused-ring (bicyclic) bond motifs is 2. The fourth-order valence-electron chi connectivity index (χ4n) is 4.12. The molecule has 2 atom stereocenters. The Hall–Kier alpha value is -1.83. The quantitative estimate of drug-likeness (QED) is 0.653. The van der Waals surface area contributed by atoms with Crippen LogP contribution in [0.5, 0.6) is 0 Å². The van der Waals surface area contributed by atoms with E-state index < -0.39 is 0 Å². The van der Waals surface area contributed by atoms with E-state index in [4.69, 9.17) is 21.6 Å². The highest BCUT2D eigenvalue weighted by atomic mass is 35.5. The number of aromatic amines is 1. The first-order chi connectivity index (χ1) is 13.2. The lowest BCUT2D eigenvalue weighted by atomic mass is 10.1. The van der Waals surface area contributed by atoms with Crippen molar-refractivity contribution in [3.63, 3.8) is 0 Å². The number of pyridine rings is 1. The zero-order valence-electron chi connectivity index (χ0n) is 15.1. The Labute approximate surface area is 167 Å². The maximum atomic E-state index is 6.70. The molecule has 6 nitrogen and oxygen atoms in total. The van der Waals surface area contributed by atoms with Gasteiger partial charge in [0, 0.05) is 42.1 Å². The first kappa shape index (κ1) is 17.3. The Morgan fingerprint density at radius 2 is 2.26 bits per heavy atom. The molecular formula is C19H21ClN6S. The molecule has 2 aliphatic heterocycles. The van der Waals surface area contributed by atoms with Crippen LogP contribution >= 0.6 is 23.4 Å². The number of H-pyrrole nitrogens is 1. The Bertz CT molecular complexity index is 963. The fourth-order valence-corrected chi connectivity index (χ4v) is 5.22. The Morgan fingerprint density at radius 3 is 3.04 bits per heavy atom. The van der Waals surface area contributed by atoms with E-state index in [0.29, 0.717) is 12.0 Å². The van der Waals surface area contributed by atoms with Crippen molar-refractivity contribution in [3.05, 3.63) is 35.2 Å².